The summed E-state index contributed by atoms with van der Waals surface area (Å²) in [5, 5.41) is 5.21. The maximum atomic E-state index is 5.88. The van der Waals surface area contributed by atoms with Crippen LogP contribution in [0.15, 0.2) is 42.7 Å². The highest BCUT2D eigenvalue weighted by atomic mass is 32.1. The van der Waals surface area contributed by atoms with Crippen molar-refractivity contribution in [1.29, 1.82) is 0 Å². The highest BCUT2D eigenvalue weighted by molar-refractivity contribution is 7.15. The molecule has 0 saturated carbocycles. The first-order chi connectivity index (χ1) is 9.86. The van der Waals surface area contributed by atoms with E-state index in [1.807, 2.05) is 36.5 Å². The zero-order chi connectivity index (χ0) is 13.8. The van der Waals surface area contributed by atoms with Crippen molar-refractivity contribution in [2.24, 2.45) is 0 Å². The smallest absolute Gasteiger partial charge is 0.182 e. The lowest BCUT2D eigenvalue weighted by molar-refractivity contribution is 0.313. The Labute approximate surface area is 121 Å². The number of para-hydroxylation sites is 1. The fraction of sp³-hybridized carbons (Fsp3) is 0.200. The molecular formula is C15H15N3OS. The number of ether oxygens (including phenoxy) is 1. The van der Waals surface area contributed by atoms with E-state index in [1.165, 1.54) is 0 Å². The number of rotatable bonds is 5. The van der Waals surface area contributed by atoms with Gasteiger partial charge in [0, 0.05) is 24.3 Å². The van der Waals surface area contributed by atoms with Crippen LogP contribution in [0.1, 0.15) is 11.8 Å². The molecule has 0 fully saturated rings. The molecule has 102 valence electrons. The molecule has 3 rings (SSSR count). The van der Waals surface area contributed by atoms with E-state index in [0.717, 1.165) is 33.2 Å². The Hall–Kier alpha value is -2.14. The number of aromatic nitrogens is 2. The van der Waals surface area contributed by atoms with Crippen molar-refractivity contribution in [2.45, 2.75) is 13.5 Å². The summed E-state index contributed by atoms with van der Waals surface area (Å²) in [6, 6.07) is 9.92. The van der Waals surface area contributed by atoms with Gasteiger partial charge in [0.2, 0.25) is 0 Å². The molecular weight excluding hydrogens is 270 g/mol. The molecule has 20 heavy (non-hydrogen) atoms. The van der Waals surface area contributed by atoms with Gasteiger partial charge in [0.25, 0.3) is 0 Å². The topological polar surface area (TPSA) is 47.0 Å². The van der Waals surface area contributed by atoms with Gasteiger partial charge < -0.3 is 10.1 Å². The number of nitrogens with one attached hydrogen (secondary N) is 1. The Balaban J connectivity index is 1.76. The maximum Gasteiger partial charge on any atom is 0.182 e. The summed E-state index contributed by atoms with van der Waals surface area (Å²) < 4.78 is 5.88. The van der Waals surface area contributed by atoms with Crippen molar-refractivity contribution in [3.63, 3.8) is 0 Å². The van der Waals surface area contributed by atoms with Gasteiger partial charge in [0.05, 0.1) is 4.88 Å². The van der Waals surface area contributed by atoms with Gasteiger partial charge >= 0.3 is 0 Å². The number of anilines is 1. The van der Waals surface area contributed by atoms with Gasteiger partial charge in [0.15, 0.2) is 5.13 Å². The molecule has 0 amide bonds. The summed E-state index contributed by atoms with van der Waals surface area (Å²) in [4.78, 5) is 9.76. The molecule has 0 aliphatic carbocycles. The Morgan fingerprint density at radius 2 is 2.10 bits per heavy atom. The van der Waals surface area contributed by atoms with Gasteiger partial charge in [-0.05, 0) is 19.1 Å². The van der Waals surface area contributed by atoms with E-state index in [4.69, 9.17) is 4.74 Å². The minimum Gasteiger partial charge on any atom is -0.486 e. The summed E-state index contributed by atoms with van der Waals surface area (Å²) in [6.45, 7) is 3.44. The molecule has 2 aromatic heterocycles. The Kier molecular flexibility index (Phi) is 3.78. The van der Waals surface area contributed by atoms with E-state index in [1.54, 1.807) is 17.5 Å². The number of fused-ring (bicyclic) bond motifs is 1. The maximum absolute atomic E-state index is 5.88. The Morgan fingerprint density at radius 3 is 3.00 bits per heavy atom. The van der Waals surface area contributed by atoms with Crippen molar-refractivity contribution < 1.29 is 4.74 Å². The normalized spacial score (nSPS) is 10.7. The Bertz CT molecular complexity index is 706. The van der Waals surface area contributed by atoms with E-state index < -0.39 is 0 Å². The SMILES string of the molecule is CCNc1ncc(COc2cccc3cccnc23)s1. The summed E-state index contributed by atoms with van der Waals surface area (Å²) in [5.41, 5.74) is 0.895. The highest BCUT2D eigenvalue weighted by Crippen LogP contribution is 2.25. The van der Waals surface area contributed by atoms with Crippen LogP contribution in [0.5, 0.6) is 5.75 Å². The van der Waals surface area contributed by atoms with Crippen molar-refractivity contribution in [1.82, 2.24) is 9.97 Å². The summed E-state index contributed by atoms with van der Waals surface area (Å²) in [7, 11) is 0. The average molecular weight is 285 g/mol. The van der Waals surface area contributed by atoms with Crippen LogP contribution in [-0.2, 0) is 6.61 Å². The van der Waals surface area contributed by atoms with Gasteiger partial charge in [-0.3, -0.25) is 4.98 Å². The quantitative estimate of drug-likeness (QED) is 0.776. The van der Waals surface area contributed by atoms with Crippen LogP contribution in [0.3, 0.4) is 0 Å². The molecule has 5 heteroatoms. The van der Waals surface area contributed by atoms with Gasteiger partial charge in [-0.25, -0.2) is 4.98 Å². The van der Waals surface area contributed by atoms with E-state index >= 15 is 0 Å². The number of nitrogens with zero attached hydrogens (tertiary/aromatic N) is 2. The largest absolute Gasteiger partial charge is 0.486 e. The minimum absolute atomic E-state index is 0.513. The van der Waals surface area contributed by atoms with Crippen LogP contribution in [0.2, 0.25) is 0 Å². The van der Waals surface area contributed by atoms with E-state index in [9.17, 15) is 0 Å². The molecule has 0 unspecified atom stereocenters. The average Bonchev–Trinajstić information content (AvgIpc) is 2.93. The number of benzene rings is 1. The van der Waals surface area contributed by atoms with Crippen LogP contribution < -0.4 is 10.1 Å². The number of hydrogen-bond donors (Lipinski definition) is 1. The molecule has 0 spiro atoms. The van der Waals surface area contributed by atoms with Crippen LogP contribution in [0.4, 0.5) is 5.13 Å². The van der Waals surface area contributed by atoms with Gasteiger partial charge in [-0.2, -0.15) is 0 Å². The van der Waals surface area contributed by atoms with Crippen molar-refractivity contribution in [2.75, 3.05) is 11.9 Å². The number of pyridine rings is 1. The molecule has 1 aromatic carbocycles. The molecule has 3 aromatic rings. The van der Waals surface area contributed by atoms with E-state index in [0.29, 0.717) is 6.61 Å². The van der Waals surface area contributed by atoms with Crippen molar-refractivity contribution in [3.05, 3.63) is 47.6 Å². The van der Waals surface area contributed by atoms with E-state index in [2.05, 4.69) is 22.2 Å². The molecule has 2 heterocycles. The second kappa shape index (κ2) is 5.88. The molecule has 0 aliphatic heterocycles. The number of thiazole rings is 1. The first-order valence-corrected chi connectivity index (χ1v) is 7.33. The Morgan fingerprint density at radius 1 is 1.20 bits per heavy atom. The summed E-state index contributed by atoms with van der Waals surface area (Å²) in [5.74, 6) is 0.807. The monoisotopic (exact) mass is 285 g/mol. The fourth-order valence-corrected chi connectivity index (χ4v) is 2.74. The highest BCUT2D eigenvalue weighted by Gasteiger charge is 2.05. The summed E-state index contributed by atoms with van der Waals surface area (Å²) >= 11 is 1.61. The third-order valence-electron chi connectivity index (χ3n) is 2.85. The molecule has 0 bridgehead atoms. The molecule has 0 saturated heterocycles. The van der Waals surface area contributed by atoms with Crippen LogP contribution in [0.25, 0.3) is 10.9 Å². The van der Waals surface area contributed by atoms with Crippen LogP contribution in [0, 0.1) is 0 Å². The molecule has 0 aliphatic rings. The molecule has 4 nitrogen and oxygen atoms in total. The predicted molar refractivity (Wildman–Crippen MR) is 82.4 cm³/mol. The van der Waals surface area contributed by atoms with Crippen molar-refractivity contribution >= 4 is 27.4 Å². The lowest BCUT2D eigenvalue weighted by Crippen LogP contribution is -1.95. The summed E-state index contributed by atoms with van der Waals surface area (Å²) in [6.07, 6.45) is 3.63. The zero-order valence-corrected chi connectivity index (χ0v) is 12.0. The lowest BCUT2D eigenvalue weighted by Gasteiger charge is -2.06. The van der Waals surface area contributed by atoms with E-state index in [-0.39, 0.29) is 0 Å². The first-order valence-electron chi connectivity index (χ1n) is 6.52. The van der Waals surface area contributed by atoms with Gasteiger partial charge in [-0.15, -0.1) is 0 Å². The second-order valence-corrected chi connectivity index (χ2v) is 5.40. The zero-order valence-electron chi connectivity index (χ0n) is 11.2. The molecule has 0 radical (unpaired) electrons. The van der Waals surface area contributed by atoms with Gasteiger partial charge in [-0.1, -0.05) is 29.5 Å². The van der Waals surface area contributed by atoms with Crippen LogP contribution in [-0.4, -0.2) is 16.5 Å². The third-order valence-corrected chi connectivity index (χ3v) is 3.78. The third kappa shape index (κ3) is 2.72. The molecule has 1 N–H and O–H groups in total. The van der Waals surface area contributed by atoms with Crippen LogP contribution >= 0.6 is 11.3 Å². The fourth-order valence-electron chi connectivity index (χ4n) is 1.95. The predicted octanol–water partition coefficient (Wildman–Crippen LogP) is 3.70. The second-order valence-electron chi connectivity index (χ2n) is 4.28. The lowest BCUT2D eigenvalue weighted by atomic mass is 10.2. The number of hydrogen-bond acceptors (Lipinski definition) is 5. The van der Waals surface area contributed by atoms with Gasteiger partial charge in [0.1, 0.15) is 17.9 Å². The molecule has 0 atom stereocenters. The van der Waals surface area contributed by atoms with Crippen molar-refractivity contribution in [3.8, 4) is 5.75 Å². The first kappa shape index (κ1) is 12.9. The standard InChI is InChI=1S/C15H15N3OS/c1-2-16-15-18-9-12(20-15)10-19-13-7-3-5-11-6-4-8-17-14(11)13/h3-9H,2,10H2,1H3,(H,16,18). The minimum atomic E-state index is 0.513.